The zero-order chi connectivity index (χ0) is 21.0. The predicted octanol–water partition coefficient (Wildman–Crippen LogP) is -1.04. The van der Waals surface area contributed by atoms with E-state index in [0.717, 1.165) is 16.9 Å². The molecule has 0 spiro atoms. The molecule has 1 aromatic rings. The van der Waals surface area contributed by atoms with Crippen molar-refractivity contribution in [1.29, 1.82) is 0 Å². The zero-order valence-corrected chi connectivity index (χ0v) is 20.0. The summed E-state index contributed by atoms with van der Waals surface area (Å²) in [5, 5.41) is 31.7. The molecule has 156 valence electrons. The topological polar surface area (TPSA) is 89.8 Å². The van der Waals surface area contributed by atoms with E-state index in [2.05, 4.69) is 11.8 Å². The van der Waals surface area contributed by atoms with Crippen molar-refractivity contribution < 1.29 is 54.4 Å². The van der Waals surface area contributed by atoms with Crippen molar-refractivity contribution >= 4 is 5.97 Å². The van der Waals surface area contributed by atoms with Gasteiger partial charge in [0.1, 0.15) is 11.9 Å². The smallest absolute Gasteiger partial charge is 0.550 e. The minimum Gasteiger partial charge on any atom is -0.550 e. The van der Waals surface area contributed by atoms with Crippen molar-refractivity contribution in [2.75, 3.05) is 0 Å². The fraction of sp³-hybridized carbons (Fsp3) is 0.542. The van der Waals surface area contributed by atoms with Crippen LogP contribution in [0.2, 0.25) is 0 Å². The number of carbonyl (C=O) groups is 1. The standard InChI is InChI=1S/C24H30O5.Na/c1-3-4-7-15(2)19(25)13-12-17-20(26)14-21-23(17)18-10-5-8-16(24(18)29-21)9-6-11-22(27)28;/h5,8,10,12-13,15,17,19-21,23,25-26H,6-7,9,11,14H2,1-2H3,(H,27,28);/q;+1/p-1/b13-12+;/t15?,17?,19-,20?,21?,23?;/m1./s1. The van der Waals surface area contributed by atoms with Gasteiger partial charge in [-0.2, -0.15) is 0 Å². The van der Waals surface area contributed by atoms with Crippen LogP contribution in [0.15, 0.2) is 30.4 Å². The minimum absolute atomic E-state index is 0. The summed E-state index contributed by atoms with van der Waals surface area (Å²) in [6.45, 7) is 3.74. The molecule has 1 aliphatic carbocycles. The van der Waals surface area contributed by atoms with Gasteiger partial charge in [0.15, 0.2) is 0 Å². The van der Waals surface area contributed by atoms with Crippen LogP contribution in [0.25, 0.3) is 0 Å². The van der Waals surface area contributed by atoms with E-state index in [0.29, 0.717) is 25.7 Å². The molecule has 2 aliphatic rings. The second-order valence-electron chi connectivity index (χ2n) is 8.11. The molecule has 6 heteroatoms. The van der Waals surface area contributed by atoms with E-state index in [1.165, 1.54) is 0 Å². The number of aliphatic hydroxyl groups excluding tert-OH is 2. The van der Waals surface area contributed by atoms with Crippen LogP contribution in [-0.2, 0) is 11.2 Å². The van der Waals surface area contributed by atoms with Gasteiger partial charge < -0.3 is 24.9 Å². The number of hydrogen-bond acceptors (Lipinski definition) is 5. The number of hydrogen-bond donors (Lipinski definition) is 2. The Balaban J connectivity index is 0.00000320. The Bertz CT molecular complexity index is 825. The van der Waals surface area contributed by atoms with Crippen LogP contribution in [0.4, 0.5) is 0 Å². The van der Waals surface area contributed by atoms with E-state index < -0.39 is 18.2 Å². The summed E-state index contributed by atoms with van der Waals surface area (Å²) in [7, 11) is 0. The Labute approximate surface area is 200 Å². The van der Waals surface area contributed by atoms with Crippen LogP contribution in [0.1, 0.15) is 56.6 Å². The summed E-state index contributed by atoms with van der Waals surface area (Å²) < 4.78 is 6.19. The third kappa shape index (κ3) is 5.69. The summed E-state index contributed by atoms with van der Waals surface area (Å²) in [5.74, 6) is 5.56. The van der Waals surface area contributed by atoms with E-state index in [4.69, 9.17) is 4.74 Å². The maximum atomic E-state index is 10.7. The first-order valence-electron chi connectivity index (χ1n) is 10.3. The van der Waals surface area contributed by atoms with Crippen LogP contribution in [0, 0.1) is 23.7 Å². The second-order valence-corrected chi connectivity index (χ2v) is 8.11. The molecule has 1 aliphatic heterocycles. The molecule has 0 radical (unpaired) electrons. The minimum atomic E-state index is -1.04. The molecule has 0 aromatic heterocycles. The first-order chi connectivity index (χ1) is 13.9. The van der Waals surface area contributed by atoms with Gasteiger partial charge in [-0.3, -0.25) is 0 Å². The number of carboxylic acids is 1. The van der Waals surface area contributed by atoms with Crippen molar-refractivity contribution in [3.05, 3.63) is 41.5 Å². The number of ether oxygens (including phenoxy) is 1. The molecule has 5 nitrogen and oxygen atoms in total. The average Bonchev–Trinajstić information content (AvgIpc) is 3.19. The van der Waals surface area contributed by atoms with Gasteiger partial charge in [0.25, 0.3) is 0 Å². The molecule has 1 fully saturated rings. The van der Waals surface area contributed by atoms with Crippen molar-refractivity contribution in [2.45, 2.75) is 70.2 Å². The van der Waals surface area contributed by atoms with E-state index in [-0.39, 0.29) is 59.8 Å². The molecule has 0 saturated heterocycles. The molecule has 5 unspecified atom stereocenters. The van der Waals surface area contributed by atoms with Crippen LogP contribution >= 0.6 is 0 Å². The van der Waals surface area contributed by atoms with Gasteiger partial charge in [-0.15, -0.1) is 11.8 Å². The van der Waals surface area contributed by atoms with E-state index in [1.54, 1.807) is 13.0 Å². The fourth-order valence-corrected chi connectivity index (χ4v) is 4.40. The molecule has 30 heavy (non-hydrogen) atoms. The number of fused-ring (bicyclic) bond motifs is 3. The number of para-hydroxylation sites is 1. The van der Waals surface area contributed by atoms with Gasteiger partial charge in [-0.1, -0.05) is 37.3 Å². The van der Waals surface area contributed by atoms with Gasteiger partial charge >= 0.3 is 29.6 Å². The zero-order valence-electron chi connectivity index (χ0n) is 18.0. The number of aliphatic carboxylic acids is 1. The van der Waals surface area contributed by atoms with Gasteiger partial charge in [-0.05, 0) is 37.7 Å². The Kier molecular flexibility index (Phi) is 9.46. The number of carboxylic acid groups (broad SMARTS) is 1. The Morgan fingerprint density at radius 2 is 2.20 bits per heavy atom. The van der Waals surface area contributed by atoms with Crippen LogP contribution in [-0.4, -0.2) is 34.5 Å². The molecule has 0 amide bonds. The molecule has 6 atom stereocenters. The van der Waals surface area contributed by atoms with Crippen molar-refractivity contribution in [3.8, 4) is 17.6 Å². The third-order valence-electron chi connectivity index (χ3n) is 6.03. The monoisotopic (exact) mass is 420 g/mol. The van der Waals surface area contributed by atoms with Crippen molar-refractivity contribution in [3.63, 3.8) is 0 Å². The number of carbonyl (C=O) groups excluding carboxylic acids is 1. The Hall–Kier alpha value is -1.29. The third-order valence-corrected chi connectivity index (χ3v) is 6.03. The molecule has 0 bridgehead atoms. The van der Waals surface area contributed by atoms with Crippen LogP contribution < -0.4 is 39.4 Å². The average molecular weight is 420 g/mol. The molecule has 1 aromatic carbocycles. The summed E-state index contributed by atoms with van der Waals surface area (Å²) in [6.07, 6.45) is 4.80. The summed E-state index contributed by atoms with van der Waals surface area (Å²) in [6, 6.07) is 5.96. The molecule has 2 N–H and O–H groups in total. The van der Waals surface area contributed by atoms with Gasteiger partial charge in [0.2, 0.25) is 0 Å². The quantitative estimate of drug-likeness (QED) is 0.319. The van der Waals surface area contributed by atoms with E-state index in [9.17, 15) is 20.1 Å². The fourth-order valence-electron chi connectivity index (χ4n) is 4.40. The van der Waals surface area contributed by atoms with Crippen molar-refractivity contribution in [2.24, 2.45) is 11.8 Å². The van der Waals surface area contributed by atoms with Gasteiger partial charge in [0.05, 0.1) is 12.2 Å². The van der Waals surface area contributed by atoms with Gasteiger partial charge in [0, 0.05) is 36.2 Å². The van der Waals surface area contributed by atoms with Crippen LogP contribution in [0.5, 0.6) is 5.75 Å². The van der Waals surface area contributed by atoms with E-state index in [1.807, 2.05) is 31.2 Å². The number of rotatable bonds is 8. The maximum Gasteiger partial charge on any atom is 1.00 e. The Morgan fingerprint density at radius 3 is 2.90 bits per heavy atom. The van der Waals surface area contributed by atoms with E-state index >= 15 is 0 Å². The molecular weight excluding hydrogens is 391 g/mol. The number of aryl methyl sites for hydroxylation is 1. The van der Waals surface area contributed by atoms with Crippen LogP contribution in [0.3, 0.4) is 0 Å². The molecule has 3 rings (SSSR count). The molecular formula is C24H29NaO5. The SMILES string of the molecule is CC#CCC(C)[C@H](O)/C=C/C1C(O)CC2Oc3c(CCCC(=O)[O-])cccc3C21.[Na+]. The first kappa shape index (κ1) is 25.0. The van der Waals surface area contributed by atoms with Crippen molar-refractivity contribution in [1.82, 2.24) is 0 Å². The number of aliphatic hydroxyl groups is 2. The summed E-state index contributed by atoms with van der Waals surface area (Å²) in [5.41, 5.74) is 2.06. The van der Waals surface area contributed by atoms with Gasteiger partial charge in [-0.25, -0.2) is 0 Å². The molecule has 1 heterocycles. The summed E-state index contributed by atoms with van der Waals surface area (Å²) in [4.78, 5) is 10.7. The summed E-state index contributed by atoms with van der Waals surface area (Å²) >= 11 is 0. The predicted molar refractivity (Wildman–Crippen MR) is 108 cm³/mol. The largest absolute Gasteiger partial charge is 1.00 e. The normalized spacial score (nSPS) is 26.0. The first-order valence-corrected chi connectivity index (χ1v) is 10.3. The maximum absolute atomic E-state index is 10.7. The second kappa shape index (κ2) is 11.4. The molecule has 1 saturated carbocycles. The Morgan fingerprint density at radius 1 is 1.43 bits per heavy atom. The number of benzene rings is 1.